The van der Waals surface area contributed by atoms with E-state index in [0.29, 0.717) is 6.61 Å². The zero-order valence-corrected chi connectivity index (χ0v) is 9.37. The molecule has 0 aliphatic heterocycles. The number of rotatable bonds is 4. The van der Waals surface area contributed by atoms with Crippen molar-refractivity contribution in [3.8, 4) is 5.75 Å². The number of halogens is 1. The zero-order valence-electron chi connectivity index (χ0n) is 9.37. The molecule has 2 rings (SSSR count). The van der Waals surface area contributed by atoms with Crippen LogP contribution in [0.4, 0.5) is 4.39 Å². The van der Waals surface area contributed by atoms with E-state index in [-0.39, 0.29) is 5.82 Å². The van der Waals surface area contributed by atoms with Gasteiger partial charge in [0.25, 0.3) is 0 Å². The molecular weight excluding hydrogens is 203 g/mol. The van der Waals surface area contributed by atoms with Crippen molar-refractivity contribution in [3.63, 3.8) is 0 Å². The van der Waals surface area contributed by atoms with Crippen LogP contribution in [0.3, 0.4) is 0 Å². The molecule has 0 bridgehead atoms. The van der Waals surface area contributed by atoms with E-state index in [0.717, 1.165) is 29.4 Å². The van der Waals surface area contributed by atoms with E-state index < -0.39 is 0 Å². The van der Waals surface area contributed by atoms with Crippen LogP contribution in [0.15, 0.2) is 36.4 Å². The van der Waals surface area contributed by atoms with Crippen molar-refractivity contribution >= 4 is 10.8 Å². The molecule has 0 aromatic heterocycles. The standard InChI is InChI=1S/C14H15FO/c1-2-3-9-16-14-6-4-5-11-7-8-12(15)10-13(11)14/h4-8,10H,2-3,9H2,1H3. The fraction of sp³-hybridized carbons (Fsp3) is 0.286. The van der Waals surface area contributed by atoms with Gasteiger partial charge in [-0.15, -0.1) is 0 Å². The van der Waals surface area contributed by atoms with E-state index in [4.69, 9.17) is 4.74 Å². The van der Waals surface area contributed by atoms with Crippen LogP contribution >= 0.6 is 0 Å². The van der Waals surface area contributed by atoms with Crippen LogP contribution in [-0.2, 0) is 0 Å². The van der Waals surface area contributed by atoms with Gasteiger partial charge in [0, 0.05) is 5.39 Å². The van der Waals surface area contributed by atoms with Crippen LogP contribution < -0.4 is 4.74 Å². The summed E-state index contributed by atoms with van der Waals surface area (Å²) in [6, 6.07) is 10.5. The minimum atomic E-state index is -0.223. The molecular formula is C14H15FO. The number of hydrogen-bond acceptors (Lipinski definition) is 1. The lowest BCUT2D eigenvalue weighted by Gasteiger charge is -2.08. The second-order valence-corrected chi connectivity index (χ2v) is 3.82. The van der Waals surface area contributed by atoms with Gasteiger partial charge in [-0.05, 0) is 30.0 Å². The molecule has 0 saturated carbocycles. The third kappa shape index (κ3) is 2.32. The van der Waals surface area contributed by atoms with Crippen molar-refractivity contribution in [1.29, 1.82) is 0 Å². The molecule has 0 N–H and O–H groups in total. The van der Waals surface area contributed by atoms with Crippen LogP contribution in [0.1, 0.15) is 19.8 Å². The Hall–Kier alpha value is -1.57. The second kappa shape index (κ2) is 4.97. The molecule has 0 fully saturated rings. The first-order valence-corrected chi connectivity index (χ1v) is 5.62. The molecule has 0 radical (unpaired) electrons. The molecule has 84 valence electrons. The molecule has 0 unspecified atom stereocenters. The third-order valence-corrected chi connectivity index (χ3v) is 2.56. The lowest BCUT2D eigenvalue weighted by molar-refractivity contribution is 0.313. The largest absolute Gasteiger partial charge is 0.493 e. The first kappa shape index (κ1) is 10.9. The minimum Gasteiger partial charge on any atom is -0.493 e. The van der Waals surface area contributed by atoms with E-state index in [1.807, 2.05) is 18.2 Å². The molecule has 0 saturated heterocycles. The highest BCUT2D eigenvalue weighted by Gasteiger charge is 2.02. The molecule has 0 atom stereocenters. The van der Waals surface area contributed by atoms with Crippen molar-refractivity contribution in [3.05, 3.63) is 42.2 Å². The Morgan fingerprint density at radius 1 is 1.19 bits per heavy atom. The smallest absolute Gasteiger partial charge is 0.127 e. The fourth-order valence-corrected chi connectivity index (χ4v) is 1.67. The maximum absolute atomic E-state index is 13.1. The third-order valence-electron chi connectivity index (χ3n) is 2.56. The fourth-order valence-electron chi connectivity index (χ4n) is 1.67. The average molecular weight is 218 g/mol. The predicted molar refractivity (Wildman–Crippen MR) is 64.3 cm³/mol. The van der Waals surface area contributed by atoms with Crippen LogP contribution in [0.25, 0.3) is 10.8 Å². The monoisotopic (exact) mass is 218 g/mol. The molecule has 0 heterocycles. The Morgan fingerprint density at radius 3 is 2.88 bits per heavy atom. The van der Waals surface area contributed by atoms with Gasteiger partial charge < -0.3 is 4.74 Å². The number of ether oxygens (including phenoxy) is 1. The minimum absolute atomic E-state index is 0.223. The summed E-state index contributed by atoms with van der Waals surface area (Å²) in [5.74, 6) is 0.546. The van der Waals surface area contributed by atoms with Gasteiger partial charge in [-0.1, -0.05) is 31.5 Å². The van der Waals surface area contributed by atoms with Gasteiger partial charge in [-0.3, -0.25) is 0 Å². The van der Waals surface area contributed by atoms with Crippen LogP contribution in [-0.4, -0.2) is 6.61 Å². The van der Waals surface area contributed by atoms with Crippen molar-refractivity contribution in [2.45, 2.75) is 19.8 Å². The van der Waals surface area contributed by atoms with Gasteiger partial charge in [-0.2, -0.15) is 0 Å². The summed E-state index contributed by atoms with van der Waals surface area (Å²) in [5.41, 5.74) is 0. The number of fused-ring (bicyclic) bond motifs is 1. The van der Waals surface area contributed by atoms with E-state index in [1.165, 1.54) is 12.1 Å². The lowest BCUT2D eigenvalue weighted by Crippen LogP contribution is -1.97. The highest BCUT2D eigenvalue weighted by Crippen LogP contribution is 2.26. The molecule has 0 aliphatic rings. The maximum atomic E-state index is 13.1. The van der Waals surface area contributed by atoms with Crippen molar-refractivity contribution in [2.24, 2.45) is 0 Å². The quantitative estimate of drug-likeness (QED) is 0.700. The summed E-state index contributed by atoms with van der Waals surface area (Å²) < 4.78 is 18.8. The van der Waals surface area contributed by atoms with Gasteiger partial charge in [0.2, 0.25) is 0 Å². The lowest BCUT2D eigenvalue weighted by atomic mass is 10.1. The first-order valence-electron chi connectivity index (χ1n) is 5.62. The van der Waals surface area contributed by atoms with Crippen LogP contribution in [0, 0.1) is 5.82 Å². The summed E-state index contributed by atoms with van der Waals surface area (Å²) in [4.78, 5) is 0. The highest BCUT2D eigenvalue weighted by atomic mass is 19.1. The van der Waals surface area contributed by atoms with Gasteiger partial charge in [0.05, 0.1) is 6.61 Å². The summed E-state index contributed by atoms with van der Waals surface area (Å²) >= 11 is 0. The van der Waals surface area contributed by atoms with E-state index >= 15 is 0 Å². The van der Waals surface area contributed by atoms with Crippen LogP contribution in [0.5, 0.6) is 5.75 Å². The van der Waals surface area contributed by atoms with Crippen molar-refractivity contribution < 1.29 is 9.13 Å². The Bertz CT molecular complexity index is 479. The highest BCUT2D eigenvalue weighted by molar-refractivity contribution is 5.88. The molecule has 0 spiro atoms. The van der Waals surface area contributed by atoms with Crippen LogP contribution in [0.2, 0.25) is 0 Å². The maximum Gasteiger partial charge on any atom is 0.127 e. The summed E-state index contributed by atoms with van der Waals surface area (Å²) in [6.07, 6.45) is 2.12. The Kier molecular flexibility index (Phi) is 3.40. The molecule has 1 nitrogen and oxygen atoms in total. The summed E-state index contributed by atoms with van der Waals surface area (Å²) in [5, 5.41) is 1.86. The van der Waals surface area contributed by atoms with E-state index in [1.54, 1.807) is 6.07 Å². The molecule has 0 aliphatic carbocycles. The molecule has 0 amide bonds. The molecule has 2 aromatic rings. The summed E-state index contributed by atoms with van der Waals surface area (Å²) in [7, 11) is 0. The van der Waals surface area contributed by atoms with Crippen molar-refractivity contribution in [1.82, 2.24) is 0 Å². The average Bonchev–Trinajstić information content (AvgIpc) is 2.30. The van der Waals surface area contributed by atoms with Gasteiger partial charge in [0.15, 0.2) is 0 Å². The number of benzene rings is 2. The van der Waals surface area contributed by atoms with E-state index in [2.05, 4.69) is 6.92 Å². The van der Waals surface area contributed by atoms with Crippen molar-refractivity contribution in [2.75, 3.05) is 6.61 Å². The zero-order chi connectivity index (χ0) is 11.4. The number of unbranched alkanes of at least 4 members (excludes halogenated alkanes) is 1. The Morgan fingerprint density at radius 2 is 2.06 bits per heavy atom. The van der Waals surface area contributed by atoms with Gasteiger partial charge in [0.1, 0.15) is 11.6 Å². The molecule has 2 aromatic carbocycles. The molecule has 16 heavy (non-hydrogen) atoms. The first-order chi connectivity index (χ1) is 7.81. The predicted octanol–water partition coefficient (Wildman–Crippen LogP) is 4.16. The van der Waals surface area contributed by atoms with E-state index in [9.17, 15) is 4.39 Å². The topological polar surface area (TPSA) is 9.23 Å². The Labute approximate surface area is 94.9 Å². The molecule has 2 heteroatoms. The Balaban J connectivity index is 2.32. The van der Waals surface area contributed by atoms with Gasteiger partial charge in [-0.25, -0.2) is 4.39 Å². The SMILES string of the molecule is CCCCOc1cccc2ccc(F)cc12. The summed E-state index contributed by atoms with van der Waals surface area (Å²) in [6.45, 7) is 2.80. The van der Waals surface area contributed by atoms with Gasteiger partial charge >= 0.3 is 0 Å². The number of hydrogen-bond donors (Lipinski definition) is 0. The normalized spacial score (nSPS) is 10.6. The second-order valence-electron chi connectivity index (χ2n) is 3.82.